The number of piperidine rings is 2. The molecule has 0 radical (unpaired) electrons. The van der Waals surface area contributed by atoms with Crippen LogP contribution in [0.1, 0.15) is 54.4 Å². The maximum atomic E-state index is 12.3. The number of aliphatic carboxylic acids is 1. The first-order valence-corrected chi connectivity index (χ1v) is 19.2. The number of carbonyl (C=O) groups excluding carboxylic acids is 1. The fraction of sp³-hybridized carbons (Fsp3) is 0.422. The summed E-state index contributed by atoms with van der Waals surface area (Å²) in [5, 5.41) is 8.30. The first-order valence-electron chi connectivity index (χ1n) is 19.2. The molecule has 0 amide bonds. The Morgan fingerprint density at radius 1 is 0.636 bits per heavy atom. The van der Waals surface area contributed by atoms with Gasteiger partial charge < -0.3 is 29.8 Å². The van der Waals surface area contributed by atoms with E-state index in [2.05, 4.69) is 34.1 Å². The summed E-state index contributed by atoms with van der Waals surface area (Å²) in [7, 11) is 3.44. The van der Waals surface area contributed by atoms with Gasteiger partial charge in [0.2, 0.25) is 0 Å². The van der Waals surface area contributed by atoms with Crippen molar-refractivity contribution in [2.75, 3.05) is 53.6 Å². The largest absolute Gasteiger partial charge is 0.496 e. The third-order valence-corrected chi connectivity index (χ3v) is 9.83. The molecule has 10 nitrogen and oxygen atoms in total. The van der Waals surface area contributed by atoms with Crippen LogP contribution in [-0.2, 0) is 22.7 Å². The molecule has 0 unspecified atom stereocenters. The molecule has 0 aliphatic carbocycles. The average molecular weight is 754 g/mol. The van der Waals surface area contributed by atoms with E-state index in [4.69, 9.17) is 29.8 Å². The Bertz CT molecular complexity index is 1720. The number of methoxy groups -OCH3 is 2. The van der Waals surface area contributed by atoms with Crippen LogP contribution in [-0.4, -0.2) is 86.3 Å². The molecule has 55 heavy (non-hydrogen) atoms. The van der Waals surface area contributed by atoms with Gasteiger partial charge >= 0.3 is 5.97 Å². The van der Waals surface area contributed by atoms with Gasteiger partial charge in [0.1, 0.15) is 29.6 Å². The standard InChI is InChI=1S/C23H29NO3.C13H20N2O.C9H10O3/c1-18-7-9-22(10-8-18)27-17-21(25)15-19-11-13-24(14-12-19)16-20-5-3-4-6-23(20)26-2;1-16-13-5-3-2-4-11(13)10-15-8-6-12(14)7-9-15;1-7-2-4-8(5-3-7)12-6-9(10)11/h3-10,19H,11-17H2,1-2H3;2-5,12H,6-10,14H2,1H3;2-5H,6H2,1H3,(H,10,11). The lowest BCUT2D eigenvalue weighted by molar-refractivity contribution is -0.139. The number of nitrogens with zero attached hydrogens (tertiary/aromatic N) is 2. The molecule has 2 fully saturated rings. The van der Waals surface area contributed by atoms with Gasteiger partial charge in [-0.05, 0) is 108 Å². The van der Waals surface area contributed by atoms with Gasteiger partial charge in [-0.15, -0.1) is 0 Å². The molecule has 4 aromatic rings. The third kappa shape index (κ3) is 15.8. The Balaban J connectivity index is 0.000000203. The minimum absolute atomic E-state index is 0.171. The quantitative estimate of drug-likeness (QED) is 0.135. The highest BCUT2D eigenvalue weighted by atomic mass is 16.5. The van der Waals surface area contributed by atoms with Gasteiger partial charge in [0, 0.05) is 36.7 Å². The lowest BCUT2D eigenvalue weighted by Gasteiger charge is -2.32. The minimum Gasteiger partial charge on any atom is -0.496 e. The van der Waals surface area contributed by atoms with Crippen LogP contribution >= 0.6 is 0 Å². The number of aryl methyl sites for hydroxylation is 2. The summed E-state index contributed by atoms with van der Waals surface area (Å²) in [6.45, 7) is 9.99. The number of ether oxygens (including phenoxy) is 4. The highest BCUT2D eigenvalue weighted by molar-refractivity contribution is 5.80. The second kappa shape index (κ2) is 23.1. The van der Waals surface area contributed by atoms with E-state index in [1.807, 2.05) is 74.5 Å². The Labute approximate surface area is 327 Å². The van der Waals surface area contributed by atoms with Crippen molar-refractivity contribution in [3.8, 4) is 23.0 Å². The smallest absolute Gasteiger partial charge is 0.341 e. The number of rotatable bonds is 14. The summed E-state index contributed by atoms with van der Waals surface area (Å²) >= 11 is 0. The number of para-hydroxylation sites is 2. The lowest BCUT2D eigenvalue weighted by atomic mass is 9.91. The second-order valence-electron chi connectivity index (χ2n) is 14.3. The molecular formula is C45H59N3O7. The van der Waals surface area contributed by atoms with Crippen molar-refractivity contribution in [2.45, 2.75) is 65.1 Å². The molecule has 0 saturated carbocycles. The van der Waals surface area contributed by atoms with Crippen LogP contribution in [0, 0.1) is 19.8 Å². The molecule has 2 aliphatic rings. The van der Waals surface area contributed by atoms with Gasteiger partial charge in [-0.2, -0.15) is 0 Å². The van der Waals surface area contributed by atoms with E-state index in [-0.39, 0.29) is 19.0 Å². The summed E-state index contributed by atoms with van der Waals surface area (Å²) in [4.78, 5) is 27.3. The normalized spacial score (nSPS) is 15.1. The number of likely N-dealkylation sites (tertiary alicyclic amines) is 2. The average Bonchev–Trinajstić information content (AvgIpc) is 3.20. The molecule has 0 aromatic heterocycles. The van der Waals surface area contributed by atoms with Crippen molar-refractivity contribution in [1.82, 2.24) is 9.80 Å². The maximum absolute atomic E-state index is 12.3. The zero-order valence-corrected chi connectivity index (χ0v) is 33.0. The predicted octanol–water partition coefficient (Wildman–Crippen LogP) is 7.33. The first kappa shape index (κ1) is 42.8. The molecule has 2 saturated heterocycles. The number of carbonyl (C=O) groups is 2. The van der Waals surface area contributed by atoms with Gasteiger partial charge in [0.05, 0.1) is 14.2 Å². The van der Waals surface area contributed by atoms with Crippen molar-refractivity contribution in [3.63, 3.8) is 0 Å². The fourth-order valence-electron chi connectivity index (χ4n) is 6.57. The van der Waals surface area contributed by atoms with Crippen molar-refractivity contribution in [3.05, 3.63) is 119 Å². The number of nitrogens with two attached hydrogens (primary N) is 1. The van der Waals surface area contributed by atoms with Gasteiger partial charge in [-0.25, -0.2) is 4.79 Å². The zero-order valence-electron chi connectivity index (χ0n) is 33.0. The monoisotopic (exact) mass is 753 g/mol. The summed E-state index contributed by atoms with van der Waals surface area (Å²) in [6.07, 6.45) is 4.95. The molecule has 3 N–H and O–H groups in total. The Morgan fingerprint density at radius 2 is 1.05 bits per heavy atom. The van der Waals surface area contributed by atoms with Crippen LogP contribution < -0.4 is 24.7 Å². The summed E-state index contributed by atoms with van der Waals surface area (Å²) in [5.41, 5.74) is 10.7. The second-order valence-corrected chi connectivity index (χ2v) is 14.3. The van der Waals surface area contributed by atoms with Crippen LogP contribution in [0.15, 0.2) is 97.1 Å². The van der Waals surface area contributed by atoms with Crippen LogP contribution in [0.2, 0.25) is 0 Å². The first-order chi connectivity index (χ1) is 26.6. The van der Waals surface area contributed by atoms with Gasteiger partial charge in [0.15, 0.2) is 12.4 Å². The maximum Gasteiger partial charge on any atom is 0.341 e. The Hall–Kier alpha value is -4.90. The SMILES string of the molecule is COc1ccccc1CN1CCC(CC(=O)COc2ccc(C)cc2)CC1.COc1ccccc1CN1CCC(N)CC1.Cc1ccc(OCC(=O)O)cc1. The molecular weight excluding hydrogens is 695 g/mol. The highest BCUT2D eigenvalue weighted by Gasteiger charge is 2.22. The fourth-order valence-corrected chi connectivity index (χ4v) is 6.57. The van der Waals surface area contributed by atoms with E-state index >= 15 is 0 Å². The molecule has 4 aromatic carbocycles. The Kier molecular flexibility index (Phi) is 18.0. The molecule has 0 atom stereocenters. The number of Topliss-reactive ketones (excluding diaryl/α,β-unsaturated/α-hetero) is 1. The van der Waals surface area contributed by atoms with Crippen molar-refractivity contribution in [2.24, 2.45) is 11.7 Å². The van der Waals surface area contributed by atoms with E-state index in [0.29, 0.717) is 24.1 Å². The lowest BCUT2D eigenvalue weighted by Crippen LogP contribution is -2.39. The molecule has 6 rings (SSSR count). The van der Waals surface area contributed by atoms with Gasteiger partial charge in [-0.1, -0.05) is 71.8 Å². The third-order valence-electron chi connectivity index (χ3n) is 9.83. The molecule has 0 bridgehead atoms. The number of carboxylic acids is 1. The Morgan fingerprint density at radius 3 is 1.49 bits per heavy atom. The van der Waals surface area contributed by atoms with E-state index in [0.717, 1.165) is 87.8 Å². The highest BCUT2D eigenvalue weighted by Crippen LogP contribution is 2.26. The number of ketones is 1. The predicted molar refractivity (Wildman–Crippen MR) is 217 cm³/mol. The van der Waals surface area contributed by atoms with Crippen LogP contribution in [0.25, 0.3) is 0 Å². The number of benzene rings is 4. The van der Waals surface area contributed by atoms with E-state index in [1.165, 1.54) is 16.7 Å². The van der Waals surface area contributed by atoms with Crippen molar-refractivity contribution >= 4 is 11.8 Å². The molecule has 10 heteroatoms. The topological polar surface area (TPSA) is 124 Å². The summed E-state index contributed by atoms with van der Waals surface area (Å²) in [6, 6.07) is 31.9. The molecule has 2 heterocycles. The van der Waals surface area contributed by atoms with Crippen LogP contribution in [0.5, 0.6) is 23.0 Å². The number of carboxylic acid groups (broad SMARTS) is 1. The van der Waals surface area contributed by atoms with Crippen molar-refractivity contribution in [1.29, 1.82) is 0 Å². The number of hydrogen-bond acceptors (Lipinski definition) is 9. The van der Waals surface area contributed by atoms with Gasteiger partial charge in [-0.3, -0.25) is 14.6 Å². The van der Waals surface area contributed by atoms with E-state index < -0.39 is 5.97 Å². The van der Waals surface area contributed by atoms with Crippen LogP contribution in [0.4, 0.5) is 0 Å². The van der Waals surface area contributed by atoms with E-state index in [1.54, 1.807) is 26.4 Å². The molecule has 0 spiro atoms. The molecule has 2 aliphatic heterocycles. The summed E-state index contributed by atoms with van der Waals surface area (Å²) in [5.74, 6) is 2.98. The van der Waals surface area contributed by atoms with Gasteiger partial charge in [0.25, 0.3) is 0 Å². The van der Waals surface area contributed by atoms with Crippen LogP contribution in [0.3, 0.4) is 0 Å². The van der Waals surface area contributed by atoms with Crippen molar-refractivity contribution < 1.29 is 33.6 Å². The number of hydrogen-bond donors (Lipinski definition) is 2. The molecule has 296 valence electrons. The minimum atomic E-state index is -0.962. The van der Waals surface area contributed by atoms with E-state index in [9.17, 15) is 9.59 Å². The zero-order chi connectivity index (χ0) is 39.4. The summed E-state index contributed by atoms with van der Waals surface area (Å²) < 4.78 is 21.3.